The zero-order valence-electron chi connectivity index (χ0n) is 11.1. The fourth-order valence-electron chi connectivity index (χ4n) is 1.87. The molecule has 1 aromatic carbocycles. The zero-order chi connectivity index (χ0) is 13.6. The Hall–Kier alpha value is -1.07. The summed E-state index contributed by atoms with van der Waals surface area (Å²) < 4.78 is 24.1. The van der Waals surface area contributed by atoms with Crippen LogP contribution < -0.4 is 10.6 Å². The average Bonchev–Trinajstić information content (AvgIpc) is 2.40. The van der Waals surface area contributed by atoms with Gasteiger partial charge in [-0.2, -0.15) is 0 Å². The molecule has 102 valence electrons. The van der Waals surface area contributed by atoms with Crippen LogP contribution in [0.5, 0.6) is 0 Å². The van der Waals surface area contributed by atoms with Crippen molar-refractivity contribution in [2.24, 2.45) is 5.73 Å². The summed E-state index contributed by atoms with van der Waals surface area (Å²) in [5.41, 5.74) is 6.30. The Kier molecular flexibility index (Phi) is 5.62. The molecule has 4 nitrogen and oxygen atoms in total. The fourth-order valence-corrected chi connectivity index (χ4v) is 2.98. The minimum absolute atomic E-state index is 0.123. The van der Waals surface area contributed by atoms with E-state index in [4.69, 9.17) is 5.73 Å². The van der Waals surface area contributed by atoms with Gasteiger partial charge < -0.3 is 10.6 Å². The van der Waals surface area contributed by atoms with Crippen molar-refractivity contribution in [1.82, 2.24) is 0 Å². The van der Waals surface area contributed by atoms with E-state index >= 15 is 0 Å². The Balaban J connectivity index is 3.15. The summed E-state index contributed by atoms with van der Waals surface area (Å²) in [6.45, 7) is 5.85. The van der Waals surface area contributed by atoms with Gasteiger partial charge in [0.25, 0.3) is 0 Å². The van der Waals surface area contributed by atoms with Crippen molar-refractivity contribution in [2.45, 2.75) is 25.2 Å². The Morgan fingerprint density at radius 3 is 2.44 bits per heavy atom. The first-order valence-corrected chi connectivity index (χ1v) is 7.98. The molecule has 1 aromatic rings. The summed E-state index contributed by atoms with van der Waals surface area (Å²) in [6, 6.07) is 7.18. The number of para-hydroxylation sites is 1. The van der Waals surface area contributed by atoms with Gasteiger partial charge in [0.15, 0.2) is 9.84 Å². The van der Waals surface area contributed by atoms with Gasteiger partial charge >= 0.3 is 0 Å². The predicted octanol–water partition coefficient (Wildman–Crippen LogP) is 1.66. The number of rotatable bonds is 7. The van der Waals surface area contributed by atoms with Gasteiger partial charge in [-0.15, -0.1) is 0 Å². The minimum Gasteiger partial charge on any atom is -0.371 e. The smallest absolute Gasteiger partial charge is 0.180 e. The van der Waals surface area contributed by atoms with Crippen LogP contribution in [0.15, 0.2) is 29.2 Å². The molecule has 0 unspecified atom stereocenters. The van der Waals surface area contributed by atoms with Gasteiger partial charge in [0.1, 0.15) is 0 Å². The van der Waals surface area contributed by atoms with Gasteiger partial charge in [0.2, 0.25) is 0 Å². The normalized spacial score (nSPS) is 11.5. The molecule has 5 heteroatoms. The Morgan fingerprint density at radius 1 is 1.22 bits per heavy atom. The van der Waals surface area contributed by atoms with Crippen molar-refractivity contribution in [3.8, 4) is 0 Å². The zero-order valence-corrected chi connectivity index (χ0v) is 11.9. The van der Waals surface area contributed by atoms with Crippen LogP contribution in [0, 0.1) is 0 Å². The lowest BCUT2D eigenvalue weighted by Crippen LogP contribution is -2.27. The summed E-state index contributed by atoms with van der Waals surface area (Å²) >= 11 is 0. The summed E-state index contributed by atoms with van der Waals surface area (Å²) in [5.74, 6) is 0.123. The number of sulfone groups is 1. The number of hydrogen-bond acceptors (Lipinski definition) is 4. The molecular weight excluding hydrogens is 248 g/mol. The lowest BCUT2D eigenvalue weighted by atomic mass is 10.2. The third kappa shape index (κ3) is 3.46. The van der Waals surface area contributed by atoms with E-state index in [9.17, 15) is 8.42 Å². The molecule has 0 aromatic heterocycles. The maximum absolute atomic E-state index is 12.1. The van der Waals surface area contributed by atoms with Crippen LogP contribution in [-0.2, 0) is 9.84 Å². The second-order valence-corrected chi connectivity index (χ2v) is 6.34. The number of nitrogens with two attached hydrogens (primary N) is 1. The molecule has 0 aliphatic carbocycles. The predicted molar refractivity (Wildman–Crippen MR) is 75.7 cm³/mol. The van der Waals surface area contributed by atoms with Crippen LogP contribution in [0.3, 0.4) is 0 Å². The standard InChI is InChI=1S/C13H22N2O2S/c1-3-15(11-7-10-14)12-8-5-6-9-13(12)18(16,17)4-2/h5-6,8-9H,3-4,7,10-11,14H2,1-2H3. The molecule has 0 spiro atoms. The molecule has 0 saturated heterocycles. The average molecular weight is 270 g/mol. The molecule has 18 heavy (non-hydrogen) atoms. The van der Waals surface area contributed by atoms with Crippen molar-refractivity contribution >= 4 is 15.5 Å². The Morgan fingerprint density at radius 2 is 1.89 bits per heavy atom. The summed E-state index contributed by atoms with van der Waals surface area (Å²) in [6.07, 6.45) is 0.856. The number of nitrogens with zero attached hydrogens (tertiary/aromatic N) is 1. The Bertz CT molecular complexity index is 472. The molecule has 0 amide bonds. The van der Waals surface area contributed by atoms with Gasteiger partial charge in [-0.25, -0.2) is 8.42 Å². The lowest BCUT2D eigenvalue weighted by Gasteiger charge is -2.25. The van der Waals surface area contributed by atoms with E-state index in [1.165, 1.54) is 0 Å². The van der Waals surface area contributed by atoms with E-state index in [0.29, 0.717) is 11.4 Å². The first kappa shape index (κ1) is 15.0. The fraction of sp³-hybridized carbons (Fsp3) is 0.538. The highest BCUT2D eigenvalue weighted by atomic mass is 32.2. The largest absolute Gasteiger partial charge is 0.371 e. The van der Waals surface area contributed by atoms with Gasteiger partial charge in [-0.05, 0) is 32.0 Å². The SMILES string of the molecule is CCN(CCCN)c1ccccc1S(=O)(=O)CC. The van der Waals surface area contributed by atoms with Gasteiger partial charge in [0.05, 0.1) is 16.3 Å². The van der Waals surface area contributed by atoms with Crippen molar-refractivity contribution in [2.75, 3.05) is 30.3 Å². The molecule has 0 fully saturated rings. The van der Waals surface area contributed by atoms with E-state index in [1.54, 1.807) is 19.1 Å². The molecule has 0 aliphatic rings. The van der Waals surface area contributed by atoms with Crippen LogP contribution in [-0.4, -0.2) is 33.8 Å². The first-order valence-electron chi connectivity index (χ1n) is 6.33. The topological polar surface area (TPSA) is 63.4 Å². The van der Waals surface area contributed by atoms with Crippen molar-refractivity contribution in [1.29, 1.82) is 0 Å². The molecule has 2 N–H and O–H groups in total. The van der Waals surface area contributed by atoms with Gasteiger partial charge in [-0.1, -0.05) is 19.1 Å². The van der Waals surface area contributed by atoms with Crippen LogP contribution in [0.4, 0.5) is 5.69 Å². The molecule has 0 heterocycles. The van der Waals surface area contributed by atoms with Gasteiger partial charge in [-0.3, -0.25) is 0 Å². The van der Waals surface area contributed by atoms with E-state index < -0.39 is 9.84 Å². The molecule has 1 rings (SSSR count). The molecule has 0 radical (unpaired) electrons. The van der Waals surface area contributed by atoms with E-state index in [-0.39, 0.29) is 5.75 Å². The Labute approximate surface area is 110 Å². The van der Waals surface area contributed by atoms with E-state index in [1.807, 2.05) is 19.1 Å². The van der Waals surface area contributed by atoms with Crippen LogP contribution >= 0.6 is 0 Å². The lowest BCUT2D eigenvalue weighted by molar-refractivity contribution is 0.596. The molecule has 0 bridgehead atoms. The minimum atomic E-state index is -3.18. The van der Waals surface area contributed by atoms with Crippen LogP contribution in [0.1, 0.15) is 20.3 Å². The third-order valence-corrected chi connectivity index (χ3v) is 4.71. The molecular formula is C13H22N2O2S. The quantitative estimate of drug-likeness (QED) is 0.818. The second-order valence-electron chi connectivity index (χ2n) is 4.09. The molecule has 0 aliphatic heterocycles. The summed E-state index contributed by atoms with van der Waals surface area (Å²) in [5, 5.41) is 0. The van der Waals surface area contributed by atoms with Crippen molar-refractivity contribution in [3.63, 3.8) is 0 Å². The monoisotopic (exact) mass is 270 g/mol. The molecule has 0 saturated carbocycles. The van der Waals surface area contributed by atoms with Crippen LogP contribution in [0.25, 0.3) is 0 Å². The number of hydrogen-bond donors (Lipinski definition) is 1. The highest BCUT2D eigenvalue weighted by Gasteiger charge is 2.18. The number of anilines is 1. The first-order chi connectivity index (χ1) is 8.56. The van der Waals surface area contributed by atoms with Crippen molar-refractivity contribution in [3.05, 3.63) is 24.3 Å². The third-order valence-electron chi connectivity index (χ3n) is 2.93. The summed E-state index contributed by atoms with van der Waals surface area (Å²) in [4.78, 5) is 2.49. The second kappa shape index (κ2) is 6.75. The highest BCUT2D eigenvalue weighted by molar-refractivity contribution is 7.91. The van der Waals surface area contributed by atoms with E-state index in [2.05, 4.69) is 4.90 Å². The molecule has 0 atom stereocenters. The van der Waals surface area contributed by atoms with Crippen molar-refractivity contribution < 1.29 is 8.42 Å². The maximum Gasteiger partial charge on any atom is 0.180 e. The summed E-state index contributed by atoms with van der Waals surface area (Å²) in [7, 11) is -3.18. The van der Waals surface area contributed by atoms with Gasteiger partial charge in [0, 0.05) is 13.1 Å². The maximum atomic E-state index is 12.1. The van der Waals surface area contributed by atoms with E-state index in [0.717, 1.165) is 25.2 Å². The van der Waals surface area contributed by atoms with Crippen LogP contribution in [0.2, 0.25) is 0 Å². The highest BCUT2D eigenvalue weighted by Crippen LogP contribution is 2.25. The number of benzene rings is 1.